The Morgan fingerprint density at radius 1 is 1.32 bits per heavy atom. The fraction of sp³-hybridized carbons (Fsp3) is 0.375. The molecule has 0 saturated carbocycles. The van der Waals surface area contributed by atoms with Crippen molar-refractivity contribution in [1.29, 1.82) is 0 Å². The van der Waals surface area contributed by atoms with Gasteiger partial charge in [-0.25, -0.2) is 4.98 Å². The van der Waals surface area contributed by atoms with E-state index in [2.05, 4.69) is 22.2 Å². The first-order chi connectivity index (χ1) is 10.5. The Kier molecular flexibility index (Phi) is 4.13. The molecule has 3 rings (SSSR count). The zero-order chi connectivity index (χ0) is 15.7. The van der Waals surface area contributed by atoms with E-state index in [4.69, 9.17) is 0 Å². The van der Waals surface area contributed by atoms with Crippen molar-refractivity contribution < 1.29 is 4.79 Å². The smallest absolute Gasteiger partial charge is 0.257 e. The highest BCUT2D eigenvalue weighted by Gasteiger charge is 2.19. The Bertz CT molecular complexity index is 678. The molecule has 1 amide bonds. The SMILES string of the molecule is CN1CCc2nc(NC(=O)c3ccc(N(C)C)cc3)sc2C1. The molecule has 1 aliphatic rings. The van der Waals surface area contributed by atoms with Gasteiger partial charge in [-0.15, -0.1) is 11.3 Å². The summed E-state index contributed by atoms with van der Waals surface area (Å²) in [6, 6.07) is 7.56. The van der Waals surface area contributed by atoms with Crippen LogP contribution in [0.3, 0.4) is 0 Å². The lowest BCUT2D eigenvalue weighted by Gasteiger charge is -2.20. The fourth-order valence-electron chi connectivity index (χ4n) is 2.46. The van der Waals surface area contributed by atoms with Crippen LogP contribution in [0.1, 0.15) is 20.9 Å². The number of anilines is 2. The van der Waals surface area contributed by atoms with Crippen molar-refractivity contribution in [2.75, 3.05) is 37.9 Å². The molecule has 0 spiro atoms. The molecule has 2 aromatic rings. The minimum absolute atomic E-state index is 0.107. The molecule has 0 saturated heterocycles. The van der Waals surface area contributed by atoms with Gasteiger partial charge in [0, 0.05) is 49.7 Å². The van der Waals surface area contributed by atoms with Crippen molar-refractivity contribution in [3.63, 3.8) is 0 Å². The van der Waals surface area contributed by atoms with Crippen LogP contribution in [0.25, 0.3) is 0 Å². The third kappa shape index (κ3) is 3.13. The molecule has 2 heterocycles. The molecular formula is C16H20N4OS. The van der Waals surface area contributed by atoms with Gasteiger partial charge in [-0.2, -0.15) is 0 Å². The maximum atomic E-state index is 12.3. The second kappa shape index (κ2) is 6.06. The maximum Gasteiger partial charge on any atom is 0.257 e. The number of hydrogen-bond acceptors (Lipinski definition) is 5. The molecule has 0 fully saturated rings. The lowest BCUT2D eigenvalue weighted by molar-refractivity contribution is 0.102. The Labute approximate surface area is 134 Å². The summed E-state index contributed by atoms with van der Waals surface area (Å²) < 4.78 is 0. The van der Waals surface area contributed by atoms with Gasteiger partial charge >= 0.3 is 0 Å². The minimum Gasteiger partial charge on any atom is -0.378 e. The molecule has 1 aliphatic heterocycles. The lowest BCUT2D eigenvalue weighted by atomic mass is 10.2. The van der Waals surface area contributed by atoms with Crippen molar-refractivity contribution in [3.05, 3.63) is 40.4 Å². The number of nitrogens with zero attached hydrogens (tertiary/aromatic N) is 3. The highest BCUT2D eigenvalue weighted by Crippen LogP contribution is 2.28. The number of nitrogens with one attached hydrogen (secondary N) is 1. The van der Waals surface area contributed by atoms with E-state index in [1.54, 1.807) is 11.3 Å². The van der Waals surface area contributed by atoms with Gasteiger partial charge in [-0.3, -0.25) is 10.1 Å². The average Bonchev–Trinajstić information content (AvgIpc) is 2.88. The van der Waals surface area contributed by atoms with Crippen LogP contribution in [0.5, 0.6) is 0 Å². The van der Waals surface area contributed by atoms with E-state index < -0.39 is 0 Å². The van der Waals surface area contributed by atoms with Gasteiger partial charge in [0.15, 0.2) is 5.13 Å². The summed E-state index contributed by atoms with van der Waals surface area (Å²) in [7, 11) is 6.06. The normalized spacial score (nSPS) is 14.5. The van der Waals surface area contributed by atoms with E-state index in [0.29, 0.717) is 10.7 Å². The molecular weight excluding hydrogens is 296 g/mol. The summed E-state index contributed by atoms with van der Waals surface area (Å²) in [5.74, 6) is -0.107. The predicted octanol–water partition coefficient (Wildman–Crippen LogP) is 2.45. The Morgan fingerprint density at radius 2 is 2.05 bits per heavy atom. The molecule has 0 unspecified atom stereocenters. The number of rotatable bonds is 3. The average molecular weight is 316 g/mol. The van der Waals surface area contributed by atoms with Crippen LogP contribution in [-0.4, -0.2) is 43.5 Å². The number of fused-ring (bicyclic) bond motifs is 1. The van der Waals surface area contributed by atoms with Gasteiger partial charge in [0.05, 0.1) is 5.69 Å². The van der Waals surface area contributed by atoms with E-state index in [1.807, 2.05) is 43.3 Å². The molecule has 6 heteroatoms. The van der Waals surface area contributed by atoms with E-state index in [-0.39, 0.29) is 5.91 Å². The van der Waals surface area contributed by atoms with Crippen LogP contribution in [0.15, 0.2) is 24.3 Å². The van der Waals surface area contributed by atoms with Crippen molar-refractivity contribution in [2.45, 2.75) is 13.0 Å². The maximum absolute atomic E-state index is 12.3. The largest absolute Gasteiger partial charge is 0.378 e. The Hall–Kier alpha value is -1.92. The third-order valence-electron chi connectivity index (χ3n) is 3.79. The van der Waals surface area contributed by atoms with Gasteiger partial charge in [-0.1, -0.05) is 0 Å². The number of thiazole rings is 1. The zero-order valence-electron chi connectivity index (χ0n) is 13.1. The number of likely N-dealkylation sites (N-methyl/N-ethyl adjacent to an activating group) is 1. The zero-order valence-corrected chi connectivity index (χ0v) is 13.9. The van der Waals surface area contributed by atoms with E-state index in [1.165, 1.54) is 4.88 Å². The Balaban J connectivity index is 1.71. The second-order valence-electron chi connectivity index (χ2n) is 5.77. The predicted molar refractivity (Wildman–Crippen MR) is 90.9 cm³/mol. The second-order valence-corrected chi connectivity index (χ2v) is 6.86. The van der Waals surface area contributed by atoms with Crippen LogP contribution < -0.4 is 10.2 Å². The minimum atomic E-state index is -0.107. The van der Waals surface area contributed by atoms with Gasteiger partial charge < -0.3 is 9.80 Å². The van der Waals surface area contributed by atoms with E-state index in [9.17, 15) is 4.79 Å². The summed E-state index contributed by atoms with van der Waals surface area (Å²) in [4.78, 5) is 22.4. The summed E-state index contributed by atoms with van der Waals surface area (Å²) in [5.41, 5.74) is 2.85. The monoisotopic (exact) mass is 316 g/mol. The number of benzene rings is 1. The first-order valence-electron chi connectivity index (χ1n) is 7.29. The van der Waals surface area contributed by atoms with Crippen LogP contribution in [0, 0.1) is 0 Å². The standard InChI is InChI=1S/C16H20N4OS/c1-19(2)12-6-4-11(5-7-12)15(21)18-16-17-13-8-9-20(3)10-14(13)22-16/h4-7H,8-10H2,1-3H3,(H,17,18,21). The molecule has 0 radical (unpaired) electrons. The molecule has 116 valence electrons. The molecule has 5 nitrogen and oxygen atoms in total. The lowest BCUT2D eigenvalue weighted by Crippen LogP contribution is -2.25. The molecule has 0 atom stereocenters. The Morgan fingerprint density at radius 3 is 2.73 bits per heavy atom. The van der Waals surface area contributed by atoms with Crippen LogP contribution in [0.4, 0.5) is 10.8 Å². The number of carbonyl (C=O) groups excluding carboxylic acids is 1. The molecule has 1 aromatic heterocycles. The first-order valence-corrected chi connectivity index (χ1v) is 8.10. The van der Waals surface area contributed by atoms with Crippen LogP contribution in [0.2, 0.25) is 0 Å². The number of aromatic nitrogens is 1. The summed E-state index contributed by atoms with van der Waals surface area (Å²) >= 11 is 1.58. The molecule has 0 aliphatic carbocycles. The van der Waals surface area contributed by atoms with Crippen LogP contribution >= 0.6 is 11.3 Å². The number of carbonyl (C=O) groups is 1. The molecule has 22 heavy (non-hydrogen) atoms. The van der Waals surface area contributed by atoms with Gasteiger partial charge in [0.2, 0.25) is 0 Å². The summed E-state index contributed by atoms with van der Waals surface area (Å²) in [6.07, 6.45) is 0.954. The van der Waals surface area contributed by atoms with Crippen LogP contribution in [-0.2, 0) is 13.0 Å². The summed E-state index contributed by atoms with van der Waals surface area (Å²) in [5, 5.41) is 3.61. The highest BCUT2D eigenvalue weighted by molar-refractivity contribution is 7.15. The van der Waals surface area contributed by atoms with E-state index >= 15 is 0 Å². The van der Waals surface area contributed by atoms with Gasteiger partial charge in [0.25, 0.3) is 5.91 Å². The molecule has 0 bridgehead atoms. The van der Waals surface area contributed by atoms with E-state index in [0.717, 1.165) is 30.9 Å². The third-order valence-corrected chi connectivity index (χ3v) is 4.79. The molecule has 1 aromatic carbocycles. The summed E-state index contributed by atoms with van der Waals surface area (Å²) in [6.45, 7) is 1.94. The van der Waals surface area contributed by atoms with Gasteiger partial charge in [-0.05, 0) is 31.3 Å². The van der Waals surface area contributed by atoms with Crippen molar-refractivity contribution in [2.24, 2.45) is 0 Å². The first kappa shape index (κ1) is 15.0. The number of hydrogen-bond donors (Lipinski definition) is 1. The highest BCUT2D eigenvalue weighted by atomic mass is 32.1. The van der Waals surface area contributed by atoms with Crippen molar-refractivity contribution >= 4 is 28.1 Å². The van der Waals surface area contributed by atoms with Gasteiger partial charge in [0.1, 0.15) is 0 Å². The fourth-order valence-corrected chi connectivity index (χ4v) is 3.54. The number of amides is 1. The van der Waals surface area contributed by atoms with Crippen molar-refractivity contribution in [1.82, 2.24) is 9.88 Å². The quantitative estimate of drug-likeness (QED) is 0.945. The topological polar surface area (TPSA) is 48.5 Å². The van der Waals surface area contributed by atoms with Crippen molar-refractivity contribution in [3.8, 4) is 0 Å². The molecule has 1 N–H and O–H groups in total.